The van der Waals surface area contributed by atoms with Crippen molar-refractivity contribution in [1.29, 1.82) is 0 Å². The minimum absolute atomic E-state index is 0.216. The molecule has 0 atom stereocenters. The third-order valence-electron chi connectivity index (χ3n) is 5.67. The highest BCUT2D eigenvalue weighted by molar-refractivity contribution is 5.82. The Bertz CT molecular complexity index is 754. The average Bonchev–Trinajstić information content (AvgIpc) is 3.04. The fourth-order valence-electron chi connectivity index (χ4n) is 4.03. The van der Waals surface area contributed by atoms with Gasteiger partial charge in [-0.25, -0.2) is 0 Å². The van der Waals surface area contributed by atoms with Crippen LogP contribution in [0, 0.1) is 19.3 Å². The maximum absolute atomic E-state index is 11.5. The van der Waals surface area contributed by atoms with E-state index in [2.05, 4.69) is 42.3 Å². The Morgan fingerprint density at radius 2 is 2.04 bits per heavy atom. The van der Waals surface area contributed by atoms with Crippen LogP contribution in [0.4, 0.5) is 0 Å². The number of benzene rings is 1. The molecule has 3 heterocycles. The first-order valence-electron chi connectivity index (χ1n) is 8.52. The predicted octanol–water partition coefficient (Wildman–Crippen LogP) is 3.15. The molecule has 122 valence electrons. The molecule has 0 unspecified atom stereocenters. The van der Waals surface area contributed by atoms with Crippen molar-refractivity contribution in [1.82, 2.24) is 10.2 Å². The number of nitrogens with one attached hydrogen (secondary N) is 1. The first kappa shape index (κ1) is 14.8. The van der Waals surface area contributed by atoms with Gasteiger partial charge in [0.2, 0.25) is 5.91 Å². The Morgan fingerprint density at radius 3 is 2.74 bits per heavy atom. The second kappa shape index (κ2) is 5.38. The van der Waals surface area contributed by atoms with Gasteiger partial charge in [-0.05, 0) is 62.9 Å². The standard InChI is InChI=1S/C19H24N2O2/c1-13-3-4-16-15(9-13)14(2)17(23-16)11-21-7-5-19(6-8-21)10-18(22)20-12-19/h3-4,9H,5-8,10-12H2,1-2H3,(H,20,22). The molecule has 2 aliphatic rings. The van der Waals surface area contributed by atoms with Gasteiger partial charge in [-0.15, -0.1) is 0 Å². The maximum Gasteiger partial charge on any atom is 0.220 e. The quantitative estimate of drug-likeness (QED) is 0.926. The third-order valence-corrected chi connectivity index (χ3v) is 5.67. The van der Waals surface area contributed by atoms with Gasteiger partial charge in [0, 0.05) is 18.4 Å². The summed E-state index contributed by atoms with van der Waals surface area (Å²) in [5, 5.41) is 4.24. The van der Waals surface area contributed by atoms with Crippen LogP contribution in [0.1, 0.15) is 36.1 Å². The zero-order chi connectivity index (χ0) is 16.0. The van der Waals surface area contributed by atoms with Gasteiger partial charge in [0.05, 0.1) is 6.54 Å². The lowest BCUT2D eigenvalue weighted by Crippen LogP contribution is -2.40. The van der Waals surface area contributed by atoms with Gasteiger partial charge in [-0.3, -0.25) is 9.69 Å². The number of amides is 1. The zero-order valence-electron chi connectivity index (χ0n) is 13.9. The number of piperidine rings is 1. The summed E-state index contributed by atoms with van der Waals surface area (Å²) < 4.78 is 6.08. The van der Waals surface area contributed by atoms with E-state index >= 15 is 0 Å². The van der Waals surface area contributed by atoms with Crippen molar-refractivity contribution in [2.24, 2.45) is 5.41 Å². The molecule has 23 heavy (non-hydrogen) atoms. The minimum Gasteiger partial charge on any atom is -0.459 e. The lowest BCUT2D eigenvalue weighted by atomic mass is 9.77. The molecule has 2 fully saturated rings. The largest absolute Gasteiger partial charge is 0.459 e. The average molecular weight is 312 g/mol. The van der Waals surface area contributed by atoms with Crippen molar-refractivity contribution in [2.45, 2.75) is 39.7 Å². The molecule has 1 spiro atoms. The van der Waals surface area contributed by atoms with E-state index in [4.69, 9.17) is 4.42 Å². The van der Waals surface area contributed by atoms with Crippen LogP contribution >= 0.6 is 0 Å². The number of hydrogen-bond acceptors (Lipinski definition) is 3. The Hall–Kier alpha value is -1.81. The maximum atomic E-state index is 11.5. The van der Waals surface area contributed by atoms with Crippen LogP contribution in [0.5, 0.6) is 0 Å². The summed E-state index contributed by atoms with van der Waals surface area (Å²) in [6.45, 7) is 8.10. The van der Waals surface area contributed by atoms with Crippen molar-refractivity contribution >= 4 is 16.9 Å². The van der Waals surface area contributed by atoms with Gasteiger partial charge in [-0.1, -0.05) is 11.6 Å². The molecular weight excluding hydrogens is 288 g/mol. The van der Waals surface area contributed by atoms with Crippen molar-refractivity contribution in [2.75, 3.05) is 19.6 Å². The Balaban J connectivity index is 1.47. The van der Waals surface area contributed by atoms with Gasteiger partial charge in [0.25, 0.3) is 0 Å². The highest BCUT2D eigenvalue weighted by atomic mass is 16.3. The zero-order valence-corrected chi connectivity index (χ0v) is 13.9. The summed E-state index contributed by atoms with van der Waals surface area (Å²) in [7, 11) is 0. The number of fused-ring (bicyclic) bond motifs is 1. The molecule has 2 aromatic rings. The summed E-state index contributed by atoms with van der Waals surface area (Å²) in [6, 6.07) is 6.38. The molecule has 0 bridgehead atoms. The fraction of sp³-hybridized carbons (Fsp3) is 0.526. The van der Waals surface area contributed by atoms with E-state index in [0.29, 0.717) is 6.42 Å². The van der Waals surface area contributed by atoms with Crippen LogP contribution in [-0.4, -0.2) is 30.4 Å². The number of carbonyl (C=O) groups is 1. The van der Waals surface area contributed by atoms with Crippen LogP contribution < -0.4 is 5.32 Å². The molecule has 1 aromatic heterocycles. The smallest absolute Gasteiger partial charge is 0.220 e. The predicted molar refractivity (Wildman–Crippen MR) is 90.3 cm³/mol. The van der Waals surface area contributed by atoms with Crippen LogP contribution in [-0.2, 0) is 11.3 Å². The number of likely N-dealkylation sites (tertiary alicyclic amines) is 1. The summed E-state index contributed by atoms with van der Waals surface area (Å²) in [5.74, 6) is 1.31. The lowest BCUT2D eigenvalue weighted by Gasteiger charge is -2.37. The second-order valence-corrected chi connectivity index (χ2v) is 7.38. The number of furan rings is 1. The summed E-state index contributed by atoms with van der Waals surface area (Å²) in [5.41, 5.74) is 3.74. The van der Waals surface area contributed by atoms with Crippen molar-refractivity contribution in [3.8, 4) is 0 Å². The molecule has 2 aliphatic heterocycles. The van der Waals surface area contributed by atoms with E-state index in [-0.39, 0.29) is 11.3 Å². The van der Waals surface area contributed by atoms with Crippen LogP contribution in [0.15, 0.2) is 22.6 Å². The molecule has 4 nitrogen and oxygen atoms in total. The molecule has 0 saturated carbocycles. The van der Waals surface area contributed by atoms with E-state index in [9.17, 15) is 4.79 Å². The number of rotatable bonds is 2. The van der Waals surface area contributed by atoms with Gasteiger partial charge in [0.1, 0.15) is 11.3 Å². The van der Waals surface area contributed by atoms with E-state index < -0.39 is 0 Å². The first-order valence-corrected chi connectivity index (χ1v) is 8.52. The van der Waals surface area contributed by atoms with E-state index in [0.717, 1.165) is 50.4 Å². The number of aryl methyl sites for hydroxylation is 2. The molecule has 1 aromatic carbocycles. The van der Waals surface area contributed by atoms with Gasteiger partial charge < -0.3 is 9.73 Å². The molecule has 0 aliphatic carbocycles. The van der Waals surface area contributed by atoms with Crippen molar-refractivity contribution < 1.29 is 9.21 Å². The molecule has 4 rings (SSSR count). The molecule has 2 saturated heterocycles. The number of carbonyl (C=O) groups excluding carboxylic acids is 1. The Kier molecular flexibility index (Phi) is 3.45. The lowest BCUT2D eigenvalue weighted by molar-refractivity contribution is -0.119. The van der Waals surface area contributed by atoms with E-state index in [1.807, 2.05) is 0 Å². The summed E-state index contributed by atoms with van der Waals surface area (Å²) in [4.78, 5) is 14.0. The topological polar surface area (TPSA) is 45.5 Å². The van der Waals surface area contributed by atoms with E-state index in [1.54, 1.807) is 0 Å². The van der Waals surface area contributed by atoms with Crippen LogP contribution in [0.2, 0.25) is 0 Å². The second-order valence-electron chi connectivity index (χ2n) is 7.38. The monoisotopic (exact) mass is 312 g/mol. The van der Waals surface area contributed by atoms with Crippen molar-refractivity contribution in [3.05, 3.63) is 35.1 Å². The van der Waals surface area contributed by atoms with Crippen LogP contribution in [0.3, 0.4) is 0 Å². The Labute approximate surface area is 136 Å². The fourth-order valence-corrected chi connectivity index (χ4v) is 4.03. The minimum atomic E-state index is 0.216. The van der Waals surface area contributed by atoms with Gasteiger partial charge >= 0.3 is 0 Å². The normalized spacial score (nSPS) is 21.2. The molecule has 1 amide bonds. The third kappa shape index (κ3) is 2.65. The highest BCUT2D eigenvalue weighted by Crippen LogP contribution is 2.38. The van der Waals surface area contributed by atoms with E-state index in [1.165, 1.54) is 16.5 Å². The SMILES string of the molecule is Cc1ccc2oc(CN3CCC4(CC3)CNC(=O)C4)c(C)c2c1. The summed E-state index contributed by atoms with van der Waals surface area (Å²) in [6.07, 6.45) is 2.91. The number of nitrogens with zero attached hydrogens (tertiary/aromatic N) is 1. The van der Waals surface area contributed by atoms with Gasteiger partial charge in [-0.2, -0.15) is 0 Å². The molecule has 1 N–H and O–H groups in total. The Morgan fingerprint density at radius 1 is 1.26 bits per heavy atom. The molecule has 4 heteroatoms. The van der Waals surface area contributed by atoms with Crippen LogP contribution in [0.25, 0.3) is 11.0 Å². The molecule has 0 radical (unpaired) electrons. The molecular formula is C19H24N2O2. The highest BCUT2D eigenvalue weighted by Gasteiger charge is 2.40. The van der Waals surface area contributed by atoms with Crippen molar-refractivity contribution in [3.63, 3.8) is 0 Å². The number of hydrogen-bond donors (Lipinski definition) is 1. The van der Waals surface area contributed by atoms with Gasteiger partial charge in [0.15, 0.2) is 0 Å². The summed E-state index contributed by atoms with van der Waals surface area (Å²) >= 11 is 0. The first-order chi connectivity index (χ1) is 11.0.